The van der Waals surface area contributed by atoms with Crippen LogP contribution in [0.2, 0.25) is 0 Å². The lowest BCUT2D eigenvalue weighted by atomic mass is 9.80. The molecule has 2 aromatic rings. The van der Waals surface area contributed by atoms with Crippen molar-refractivity contribution in [2.75, 3.05) is 23.3 Å². The van der Waals surface area contributed by atoms with E-state index in [1.54, 1.807) is 0 Å². The van der Waals surface area contributed by atoms with E-state index in [2.05, 4.69) is 26.3 Å². The van der Waals surface area contributed by atoms with Gasteiger partial charge in [0.15, 0.2) is 11.6 Å². The Balaban J connectivity index is 1.67. The van der Waals surface area contributed by atoms with Gasteiger partial charge in [-0.2, -0.15) is 0 Å². The summed E-state index contributed by atoms with van der Waals surface area (Å²) < 4.78 is 27.6. The predicted molar refractivity (Wildman–Crippen MR) is 89.8 cm³/mol. The van der Waals surface area contributed by atoms with Crippen LogP contribution in [0.1, 0.15) is 42.7 Å². The predicted octanol–water partition coefficient (Wildman–Crippen LogP) is 4.28. The van der Waals surface area contributed by atoms with Gasteiger partial charge < -0.3 is 10.2 Å². The van der Waals surface area contributed by atoms with Crippen molar-refractivity contribution in [3.63, 3.8) is 0 Å². The number of rotatable bonds is 4. The van der Waals surface area contributed by atoms with Crippen LogP contribution in [0.25, 0.3) is 0 Å². The fraction of sp³-hybridized carbons (Fsp3) is 0.444. The number of nitrogens with zero attached hydrogens (tertiary/aromatic N) is 3. The van der Waals surface area contributed by atoms with Crippen molar-refractivity contribution in [3.05, 3.63) is 41.1 Å². The van der Waals surface area contributed by atoms with Crippen LogP contribution in [-0.4, -0.2) is 23.1 Å². The summed E-state index contributed by atoms with van der Waals surface area (Å²) in [5.74, 6) is 0.751. The molecule has 0 radical (unpaired) electrons. The van der Waals surface area contributed by atoms with E-state index in [0.717, 1.165) is 25.1 Å². The fourth-order valence-corrected chi connectivity index (χ4v) is 3.05. The Kier molecular flexibility index (Phi) is 3.82. The van der Waals surface area contributed by atoms with Gasteiger partial charge >= 0.3 is 0 Å². The summed E-state index contributed by atoms with van der Waals surface area (Å²) in [6, 6.07) is 4.11. The molecule has 1 saturated carbocycles. The normalized spacial score (nSPS) is 17.4. The number of pyridine rings is 2. The topological polar surface area (TPSA) is 41.1 Å². The van der Waals surface area contributed by atoms with Gasteiger partial charge in [0, 0.05) is 18.7 Å². The lowest BCUT2D eigenvalue weighted by molar-refractivity contribution is 0.419. The molecule has 4 rings (SSSR count). The van der Waals surface area contributed by atoms with Crippen LogP contribution in [0.3, 0.4) is 0 Å². The summed E-state index contributed by atoms with van der Waals surface area (Å²) in [7, 11) is 0. The van der Waals surface area contributed by atoms with Crippen molar-refractivity contribution in [1.29, 1.82) is 0 Å². The molecular formula is C18H20F2N4. The molecule has 0 atom stereocenters. The highest BCUT2D eigenvalue weighted by Crippen LogP contribution is 2.39. The Morgan fingerprint density at radius 1 is 1.17 bits per heavy atom. The average Bonchev–Trinajstić information content (AvgIpc) is 2.44. The molecule has 1 N–H and O–H groups in total. The highest BCUT2D eigenvalue weighted by molar-refractivity contribution is 5.59. The van der Waals surface area contributed by atoms with E-state index in [-0.39, 0.29) is 11.4 Å². The zero-order valence-corrected chi connectivity index (χ0v) is 13.6. The van der Waals surface area contributed by atoms with Crippen LogP contribution in [0.15, 0.2) is 18.3 Å². The lowest BCUT2D eigenvalue weighted by Gasteiger charge is -2.34. The standard InChI is InChI=1S/C18H20F2N4/c1-11-14(19)10-21-18(17(11)20)23-15-8-13(12-4-2-5-12)9-16(22-15)24-6-3-7-24/h8-10,12H,2-7H2,1H3,(H,21,22,23). The number of hydrogen-bond acceptors (Lipinski definition) is 4. The molecule has 1 aliphatic carbocycles. The molecule has 126 valence electrons. The first-order valence-corrected chi connectivity index (χ1v) is 8.46. The van der Waals surface area contributed by atoms with E-state index in [4.69, 9.17) is 0 Å². The van der Waals surface area contributed by atoms with E-state index in [1.165, 1.54) is 38.2 Å². The average molecular weight is 330 g/mol. The maximum Gasteiger partial charge on any atom is 0.171 e. The van der Waals surface area contributed by atoms with Crippen LogP contribution in [0.5, 0.6) is 0 Å². The zero-order valence-electron chi connectivity index (χ0n) is 13.6. The Hall–Kier alpha value is -2.24. The van der Waals surface area contributed by atoms with E-state index >= 15 is 0 Å². The monoisotopic (exact) mass is 330 g/mol. The minimum Gasteiger partial charge on any atom is -0.356 e. The number of anilines is 3. The molecule has 1 saturated heterocycles. The zero-order chi connectivity index (χ0) is 16.7. The molecule has 1 aliphatic heterocycles. The molecule has 0 bridgehead atoms. The van der Waals surface area contributed by atoms with Gasteiger partial charge in [-0.15, -0.1) is 0 Å². The van der Waals surface area contributed by atoms with Crippen molar-refractivity contribution < 1.29 is 8.78 Å². The minimum atomic E-state index is -0.670. The highest BCUT2D eigenvalue weighted by atomic mass is 19.1. The second-order valence-corrected chi connectivity index (χ2v) is 6.63. The van der Waals surface area contributed by atoms with Crippen LogP contribution >= 0.6 is 0 Å². The summed E-state index contributed by atoms with van der Waals surface area (Å²) in [4.78, 5) is 10.7. The van der Waals surface area contributed by atoms with E-state index in [1.807, 2.05) is 6.07 Å². The molecule has 4 nitrogen and oxygen atoms in total. The maximum absolute atomic E-state index is 14.2. The summed E-state index contributed by atoms with van der Waals surface area (Å²) in [5.41, 5.74) is 1.20. The van der Waals surface area contributed by atoms with Crippen LogP contribution in [-0.2, 0) is 0 Å². The number of halogens is 2. The second kappa shape index (κ2) is 6.00. The lowest BCUT2D eigenvalue weighted by Crippen LogP contribution is -2.37. The molecule has 2 fully saturated rings. The number of nitrogens with one attached hydrogen (secondary N) is 1. The summed E-state index contributed by atoms with van der Waals surface area (Å²) in [6.45, 7) is 3.41. The maximum atomic E-state index is 14.2. The molecular weight excluding hydrogens is 310 g/mol. The van der Waals surface area contributed by atoms with Gasteiger partial charge in [-0.05, 0) is 49.8 Å². The van der Waals surface area contributed by atoms with Crippen molar-refractivity contribution in [1.82, 2.24) is 9.97 Å². The summed E-state index contributed by atoms with van der Waals surface area (Å²) >= 11 is 0. The first-order chi connectivity index (χ1) is 11.6. The van der Waals surface area contributed by atoms with Gasteiger partial charge in [0.25, 0.3) is 0 Å². The Morgan fingerprint density at radius 3 is 2.58 bits per heavy atom. The largest absolute Gasteiger partial charge is 0.356 e. The smallest absolute Gasteiger partial charge is 0.171 e. The molecule has 3 heterocycles. The van der Waals surface area contributed by atoms with Crippen molar-refractivity contribution >= 4 is 17.5 Å². The van der Waals surface area contributed by atoms with Gasteiger partial charge in [-0.25, -0.2) is 18.7 Å². The number of hydrogen-bond donors (Lipinski definition) is 1. The molecule has 0 unspecified atom stereocenters. The van der Waals surface area contributed by atoms with Crippen molar-refractivity contribution in [2.45, 2.75) is 38.5 Å². The third-order valence-corrected chi connectivity index (χ3v) is 5.04. The van der Waals surface area contributed by atoms with Crippen LogP contribution < -0.4 is 10.2 Å². The third kappa shape index (κ3) is 2.70. The van der Waals surface area contributed by atoms with E-state index < -0.39 is 11.6 Å². The fourth-order valence-electron chi connectivity index (χ4n) is 3.05. The van der Waals surface area contributed by atoms with Gasteiger partial charge in [0.1, 0.15) is 17.5 Å². The first kappa shape index (κ1) is 15.3. The van der Waals surface area contributed by atoms with Crippen molar-refractivity contribution in [3.8, 4) is 0 Å². The van der Waals surface area contributed by atoms with Gasteiger partial charge in [-0.3, -0.25) is 0 Å². The highest BCUT2D eigenvalue weighted by Gasteiger charge is 2.24. The number of aromatic nitrogens is 2. The van der Waals surface area contributed by atoms with Gasteiger partial charge in [-0.1, -0.05) is 6.42 Å². The molecule has 2 aromatic heterocycles. The first-order valence-electron chi connectivity index (χ1n) is 8.46. The quantitative estimate of drug-likeness (QED) is 0.908. The molecule has 0 spiro atoms. The Morgan fingerprint density at radius 2 is 1.96 bits per heavy atom. The second-order valence-electron chi connectivity index (χ2n) is 6.63. The van der Waals surface area contributed by atoms with E-state index in [9.17, 15) is 8.78 Å². The third-order valence-electron chi connectivity index (χ3n) is 5.04. The van der Waals surface area contributed by atoms with Gasteiger partial charge in [0.05, 0.1) is 6.20 Å². The van der Waals surface area contributed by atoms with E-state index in [0.29, 0.717) is 11.7 Å². The SMILES string of the molecule is Cc1c(F)cnc(Nc2cc(C3CCC3)cc(N3CCC3)n2)c1F. The molecule has 6 heteroatoms. The molecule has 0 amide bonds. The van der Waals surface area contributed by atoms with Gasteiger partial charge in [0.2, 0.25) is 0 Å². The molecule has 0 aromatic carbocycles. The minimum absolute atomic E-state index is 0.0155. The Bertz CT molecular complexity index is 738. The molecule has 2 aliphatic rings. The van der Waals surface area contributed by atoms with Crippen LogP contribution in [0.4, 0.5) is 26.2 Å². The molecule has 24 heavy (non-hydrogen) atoms. The Labute approximate surface area is 139 Å². The summed E-state index contributed by atoms with van der Waals surface area (Å²) in [5, 5.41) is 2.94. The van der Waals surface area contributed by atoms with Crippen LogP contribution in [0, 0.1) is 18.6 Å². The van der Waals surface area contributed by atoms with Crippen molar-refractivity contribution in [2.24, 2.45) is 0 Å². The summed E-state index contributed by atoms with van der Waals surface area (Å²) in [6.07, 6.45) is 5.83.